The Hall–Kier alpha value is -4.28. The van der Waals surface area contributed by atoms with Gasteiger partial charge < -0.3 is 4.74 Å². The van der Waals surface area contributed by atoms with Crippen molar-refractivity contribution in [2.45, 2.75) is 19.5 Å². The Bertz CT molecular complexity index is 1400. The molecule has 2 unspecified atom stereocenters. The highest BCUT2D eigenvalue weighted by Crippen LogP contribution is 2.37. The first-order valence-corrected chi connectivity index (χ1v) is 12.8. The van der Waals surface area contributed by atoms with E-state index < -0.39 is 28.8 Å². The second-order valence-electron chi connectivity index (χ2n) is 9.24. The number of nitrogens with zero attached hydrogens (tertiary/aromatic N) is 4. The topological polar surface area (TPSA) is 105 Å². The van der Waals surface area contributed by atoms with Crippen molar-refractivity contribution in [3.63, 3.8) is 0 Å². The molecule has 1 aliphatic heterocycles. The third-order valence-corrected chi connectivity index (χ3v) is 6.74. The molecule has 0 spiro atoms. The van der Waals surface area contributed by atoms with Crippen molar-refractivity contribution in [1.29, 1.82) is 0 Å². The maximum atomic E-state index is 13.6. The van der Waals surface area contributed by atoms with Gasteiger partial charge in [-0.2, -0.15) is 0 Å². The van der Waals surface area contributed by atoms with Gasteiger partial charge in [0.1, 0.15) is 12.5 Å². The Morgan fingerprint density at radius 2 is 1.72 bits per heavy atom. The number of rotatable bonds is 9. The molecule has 39 heavy (non-hydrogen) atoms. The van der Waals surface area contributed by atoms with Crippen LogP contribution in [0.3, 0.4) is 0 Å². The first-order valence-electron chi connectivity index (χ1n) is 12.4. The van der Waals surface area contributed by atoms with E-state index in [1.165, 1.54) is 23.1 Å². The molecule has 1 heterocycles. The van der Waals surface area contributed by atoms with Gasteiger partial charge >= 0.3 is 5.97 Å². The Balaban J connectivity index is 1.61. The number of amides is 1. The third kappa shape index (κ3) is 6.60. The minimum Gasteiger partial charge on any atom is -0.464 e. The largest absolute Gasteiger partial charge is 0.464 e. The SMILES string of the molecule is CC1=NC(=S)N(C(=O)c2ccccc2)C(c2cccc([N+](=O)[O-])c2)C1C(=O)OCCN(C)Cc1ccccc1. The molecular weight excluding hydrogens is 516 g/mol. The summed E-state index contributed by atoms with van der Waals surface area (Å²) in [5.74, 6) is -2.06. The number of hydrogen-bond acceptors (Lipinski definition) is 7. The summed E-state index contributed by atoms with van der Waals surface area (Å²) in [6.07, 6.45) is 0. The van der Waals surface area contributed by atoms with Crippen LogP contribution in [0.2, 0.25) is 0 Å². The number of thiocarbonyl (C=S) groups is 1. The Morgan fingerprint density at radius 3 is 2.38 bits per heavy atom. The number of nitro groups is 1. The second-order valence-corrected chi connectivity index (χ2v) is 9.61. The summed E-state index contributed by atoms with van der Waals surface area (Å²) in [5.41, 5.74) is 2.07. The molecule has 0 radical (unpaired) electrons. The fraction of sp³-hybridized carbons (Fsp3) is 0.241. The van der Waals surface area contributed by atoms with Crippen molar-refractivity contribution in [1.82, 2.24) is 9.80 Å². The lowest BCUT2D eigenvalue weighted by Gasteiger charge is -2.38. The van der Waals surface area contributed by atoms with Crippen LogP contribution in [0.1, 0.15) is 34.5 Å². The molecule has 0 N–H and O–H groups in total. The molecule has 3 aromatic rings. The van der Waals surface area contributed by atoms with Crippen LogP contribution < -0.4 is 0 Å². The van der Waals surface area contributed by atoms with E-state index in [9.17, 15) is 19.7 Å². The lowest BCUT2D eigenvalue weighted by molar-refractivity contribution is -0.385. The highest BCUT2D eigenvalue weighted by molar-refractivity contribution is 7.80. The molecule has 9 nitrogen and oxygen atoms in total. The Morgan fingerprint density at radius 1 is 1.05 bits per heavy atom. The second kappa shape index (κ2) is 12.5. The molecule has 0 saturated carbocycles. The monoisotopic (exact) mass is 544 g/mol. The van der Waals surface area contributed by atoms with Gasteiger partial charge in [-0.3, -0.25) is 29.5 Å². The highest BCUT2D eigenvalue weighted by atomic mass is 32.1. The Kier molecular flexibility index (Phi) is 8.90. The van der Waals surface area contributed by atoms with E-state index in [0.717, 1.165) is 5.56 Å². The summed E-state index contributed by atoms with van der Waals surface area (Å²) < 4.78 is 5.68. The minimum atomic E-state index is -1.01. The zero-order chi connectivity index (χ0) is 27.9. The maximum absolute atomic E-state index is 13.6. The summed E-state index contributed by atoms with van der Waals surface area (Å²) in [5, 5.41) is 11.5. The molecule has 4 rings (SSSR count). The van der Waals surface area contributed by atoms with Gasteiger partial charge in [0.15, 0.2) is 0 Å². The average Bonchev–Trinajstić information content (AvgIpc) is 2.93. The molecule has 2 atom stereocenters. The Labute approximate surface area is 231 Å². The van der Waals surface area contributed by atoms with Crippen molar-refractivity contribution in [3.05, 3.63) is 112 Å². The highest BCUT2D eigenvalue weighted by Gasteiger charge is 2.45. The quantitative estimate of drug-likeness (QED) is 0.164. The molecule has 0 aromatic heterocycles. The molecule has 1 aliphatic rings. The standard InChI is InChI=1S/C29H28N4O5S/c1-20-25(28(35)38-17-16-31(2)19-21-10-5-3-6-11-21)26(23-14-9-15-24(18-23)33(36)37)32(29(39)30-20)27(34)22-12-7-4-8-13-22/h3-15,18,25-26H,16-17,19H2,1-2H3. The molecular formula is C29H28N4O5S. The summed E-state index contributed by atoms with van der Waals surface area (Å²) >= 11 is 5.49. The third-order valence-electron chi connectivity index (χ3n) is 6.45. The summed E-state index contributed by atoms with van der Waals surface area (Å²) in [6.45, 7) is 2.93. The molecule has 0 saturated heterocycles. The summed E-state index contributed by atoms with van der Waals surface area (Å²) in [7, 11) is 1.93. The van der Waals surface area contributed by atoms with Crippen LogP contribution in [0.4, 0.5) is 5.69 Å². The van der Waals surface area contributed by atoms with Gasteiger partial charge in [-0.15, -0.1) is 0 Å². The van der Waals surface area contributed by atoms with E-state index in [0.29, 0.717) is 29.9 Å². The molecule has 10 heteroatoms. The zero-order valence-electron chi connectivity index (χ0n) is 21.6. The van der Waals surface area contributed by atoms with Crippen LogP contribution in [-0.2, 0) is 16.1 Å². The molecule has 0 aliphatic carbocycles. The lowest BCUT2D eigenvalue weighted by atomic mass is 9.86. The first-order chi connectivity index (χ1) is 18.8. The lowest BCUT2D eigenvalue weighted by Crippen LogP contribution is -2.49. The van der Waals surface area contributed by atoms with E-state index in [4.69, 9.17) is 17.0 Å². The van der Waals surface area contributed by atoms with Crippen LogP contribution in [0.15, 0.2) is 89.9 Å². The van der Waals surface area contributed by atoms with E-state index in [1.54, 1.807) is 43.3 Å². The fourth-order valence-corrected chi connectivity index (χ4v) is 4.87. The van der Waals surface area contributed by atoms with E-state index >= 15 is 0 Å². The number of likely N-dealkylation sites (N-methyl/N-ethyl adjacent to an activating group) is 1. The van der Waals surface area contributed by atoms with Crippen molar-refractivity contribution < 1.29 is 19.2 Å². The van der Waals surface area contributed by atoms with Gasteiger partial charge in [0.2, 0.25) is 5.11 Å². The van der Waals surface area contributed by atoms with Crippen LogP contribution in [0, 0.1) is 16.0 Å². The maximum Gasteiger partial charge on any atom is 0.317 e. The van der Waals surface area contributed by atoms with Gasteiger partial charge in [0.25, 0.3) is 11.6 Å². The first kappa shape index (κ1) is 27.7. The van der Waals surface area contributed by atoms with E-state index in [2.05, 4.69) is 4.99 Å². The van der Waals surface area contributed by atoms with Crippen molar-refractivity contribution >= 4 is 40.6 Å². The average molecular weight is 545 g/mol. The zero-order valence-corrected chi connectivity index (χ0v) is 22.4. The fourth-order valence-electron chi connectivity index (χ4n) is 4.53. The number of benzene rings is 3. The van der Waals surface area contributed by atoms with Crippen molar-refractivity contribution in [3.8, 4) is 0 Å². The van der Waals surface area contributed by atoms with Gasteiger partial charge in [0.05, 0.1) is 11.0 Å². The van der Waals surface area contributed by atoms with Gasteiger partial charge in [0, 0.05) is 36.5 Å². The van der Waals surface area contributed by atoms with Crippen LogP contribution in [0.5, 0.6) is 0 Å². The number of esters is 1. The van der Waals surface area contributed by atoms with Gasteiger partial charge in [-0.1, -0.05) is 60.7 Å². The number of carbonyl (C=O) groups excluding carboxylic acids is 2. The van der Waals surface area contributed by atoms with Crippen molar-refractivity contribution in [2.75, 3.05) is 20.2 Å². The molecule has 3 aromatic carbocycles. The summed E-state index contributed by atoms with van der Waals surface area (Å²) in [4.78, 5) is 45.8. The number of ether oxygens (including phenoxy) is 1. The number of aliphatic imine (C=N–C) groups is 1. The van der Waals surface area contributed by atoms with Gasteiger partial charge in [-0.05, 0) is 49.4 Å². The minimum absolute atomic E-state index is 0.0236. The number of hydrogen-bond donors (Lipinski definition) is 0. The summed E-state index contributed by atoms with van der Waals surface area (Å²) in [6, 6.07) is 23.3. The van der Waals surface area contributed by atoms with E-state index in [1.807, 2.05) is 42.3 Å². The molecule has 0 bridgehead atoms. The van der Waals surface area contributed by atoms with Gasteiger partial charge in [-0.25, -0.2) is 4.99 Å². The normalized spacial score (nSPS) is 17.1. The predicted molar refractivity (Wildman–Crippen MR) is 151 cm³/mol. The predicted octanol–water partition coefficient (Wildman–Crippen LogP) is 4.83. The number of non-ortho nitro benzene ring substituents is 1. The smallest absolute Gasteiger partial charge is 0.317 e. The molecule has 0 fully saturated rings. The van der Waals surface area contributed by atoms with Crippen LogP contribution >= 0.6 is 12.2 Å². The van der Waals surface area contributed by atoms with E-state index in [-0.39, 0.29) is 17.4 Å². The number of carbonyl (C=O) groups is 2. The molecule has 1 amide bonds. The molecule has 200 valence electrons. The van der Waals surface area contributed by atoms with Crippen LogP contribution in [0.25, 0.3) is 0 Å². The number of nitro benzene ring substituents is 1. The van der Waals surface area contributed by atoms with Crippen LogP contribution in [-0.4, -0.2) is 57.6 Å². The van der Waals surface area contributed by atoms with Crippen molar-refractivity contribution in [2.24, 2.45) is 10.9 Å².